The highest BCUT2D eigenvalue weighted by Crippen LogP contribution is 2.22. The molecule has 0 saturated heterocycles. The molecule has 0 fully saturated rings. The van der Waals surface area contributed by atoms with Gasteiger partial charge in [-0.2, -0.15) is 0 Å². The number of hydrogen-bond donors (Lipinski definition) is 0. The largest absolute Gasteiger partial charge is 0.441 e. The fraction of sp³-hybridized carbons (Fsp3) is 0.111. The molecular weight excluding hydrogens is 314 g/mol. The molecule has 0 aliphatic carbocycles. The van der Waals surface area contributed by atoms with Crippen LogP contribution in [-0.4, -0.2) is 11.0 Å². The van der Waals surface area contributed by atoms with E-state index in [2.05, 4.69) is 4.98 Å². The minimum absolute atomic E-state index is 0.0464. The van der Waals surface area contributed by atoms with Crippen LogP contribution in [0.1, 0.15) is 11.5 Å². The van der Waals surface area contributed by atoms with Crippen LogP contribution in [0.5, 0.6) is 5.75 Å². The quantitative estimate of drug-likeness (QED) is 0.524. The first-order valence-electron chi connectivity index (χ1n) is 7.10. The highest BCUT2D eigenvalue weighted by Gasteiger charge is 2.16. The van der Waals surface area contributed by atoms with Crippen molar-refractivity contribution in [1.82, 2.24) is 4.98 Å². The number of oxazole rings is 1. The van der Waals surface area contributed by atoms with Gasteiger partial charge in [-0.05, 0) is 43.3 Å². The van der Waals surface area contributed by atoms with Gasteiger partial charge in [-0.25, -0.2) is 4.98 Å². The maximum absolute atomic E-state index is 12.0. The Morgan fingerprint density at radius 1 is 1.13 bits per heavy atom. The lowest BCUT2D eigenvalue weighted by Gasteiger charge is -2.03. The van der Waals surface area contributed by atoms with Crippen molar-refractivity contribution in [3.05, 3.63) is 71.1 Å². The number of esters is 1. The molecule has 0 radical (unpaired) electrons. The Kier molecular flexibility index (Phi) is 4.44. The molecule has 2 aromatic carbocycles. The Morgan fingerprint density at radius 3 is 2.52 bits per heavy atom. The van der Waals surface area contributed by atoms with Crippen molar-refractivity contribution in [2.24, 2.45) is 0 Å². The van der Waals surface area contributed by atoms with Crippen molar-refractivity contribution >= 4 is 17.6 Å². The van der Waals surface area contributed by atoms with Crippen LogP contribution in [0.25, 0.3) is 11.5 Å². The van der Waals surface area contributed by atoms with Crippen LogP contribution in [0.4, 0.5) is 0 Å². The number of aryl methyl sites for hydroxylation is 1. The van der Waals surface area contributed by atoms with Crippen LogP contribution in [0, 0.1) is 6.92 Å². The zero-order chi connectivity index (χ0) is 16.2. The number of rotatable bonds is 4. The third-order valence-electron chi connectivity index (χ3n) is 3.27. The average Bonchev–Trinajstić information content (AvgIpc) is 2.91. The van der Waals surface area contributed by atoms with Gasteiger partial charge in [-0.15, -0.1) is 0 Å². The van der Waals surface area contributed by atoms with Gasteiger partial charge >= 0.3 is 5.97 Å². The van der Waals surface area contributed by atoms with Crippen LogP contribution < -0.4 is 4.74 Å². The Labute approximate surface area is 138 Å². The summed E-state index contributed by atoms with van der Waals surface area (Å²) >= 11 is 5.80. The highest BCUT2D eigenvalue weighted by molar-refractivity contribution is 6.30. The summed E-state index contributed by atoms with van der Waals surface area (Å²) in [5.41, 5.74) is 1.44. The summed E-state index contributed by atoms with van der Waals surface area (Å²) in [4.78, 5) is 16.4. The predicted molar refractivity (Wildman–Crippen MR) is 87.5 cm³/mol. The van der Waals surface area contributed by atoms with Crippen LogP contribution in [0.3, 0.4) is 0 Å². The third-order valence-corrected chi connectivity index (χ3v) is 3.52. The van der Waals surface area contributed by atoms with E-state index in [9.17, 15) is 4.79 Å². The zero-order valence-electron chi connectivity index (χ0n) is 12.5. The minimum atomic E-state index is -0.400. The molecule has 116 valence electrons. The maximum Gasteiger partial charge on any atom is 0.317 e. The van der Waals surface area contributed by atoms with E-state index < -0.39 is 5.97 Å². The van der Waals surface area contributed by atoms with E-state index in [0.717, 1.165) is 5.56 Å². The third kappa shape index (κ3) is 3.79. The van der Waals surface area contributed by atoms with Gasteiger partial charge in [0.15, 0.2) is 0 Å². The molecule has 4 nitrogen and oxygen atoms in total. The minimum Gasteiger partial charge on any atom is -0.441 e. The molecule has 5 heteroatoms. The standard InChI is InChI=1S/C18H14ClNO3/c1-12-16(20-18(22-12)13-5-3-2-4-6-13)11-17(21)23-15-9-7-14(19)8-10-15/h2-10H,11H2,1H3. The van der Waals surface area contributed by atoms with Gasteiger partial charge in [0.05, 0.1) is 12.1 Å². The van der Waals surface area contributed by atoms with Gasteiger partial charge in [-0.1, -0.05) is 29.8 Å². The van der Waals surface area contributed by atoms with Crippen molar-refractivity contribution in [2.75, 3.05) is 0 Å². The lowest BCUT2D eigenvalue weighted by molar-refractivity contribution is -0.133. The van der Waals surface area contributed by atoms with E-state index in [-0.39, 0.29) is 6.42 Å². The van der Waals surface area contributed by atoms with Gasteiger partial charge in [0.25, 0.3) is 0 Å². The summed E-state index contributed by atoms with van der Waals surface area (Å²) in [5, 5.41) is 0.588. The highest BCUT2D eigenvalue weighted by atomic mass is 35.5. The van der Waals surface area contributed by atoms with Crippen molar-refractivity contribution < 1.29 is 13.9 Å². The molecule has 0 bridgehead atoms. The SMILES string of the molecule is Cc1oc(-c2ccccc2)nc1CC(=O)Oc1ccc(Cl)cc1. The van der Waals surface area contributed by atoms with Crippen molar-refractivity contribution in [2.45, 2.75) is 13.3 Å². The normalized spacial score (nSPS) is 10.5. The molecule has 0 N–H and O–H groups in total. The molecule has 23 heavy (non-hydrogen) atoms. The molecule has 0 saturated carbocycles. The number of nitrogens with zero attached hydrogens (tertiary/aromatic N) is 1. The van der Waals surface area contributed by atoms with Crippen molar-refractivity contribution in [1.29, 1.82) is 0 Å². The van der Waals surface area contributed by atoms with E-state index >= 15 is 0 Å². The Hall–Kier alpha value is -2.59. The Balaban J connectivity index is 1.71. The van der Waals surface area contributed by atoms with Crippen LogP contribution in [-0.2, 0) is 11.2 Å². The number of benzene rings is 2. The molecule has 1 heterocycles. The lowest BCUT2D eigenvalue weighted by atomic mass is 10.2. The first-order valence-corrected chi connectivity index (χ1v) is 7.47. The second kappa shape index (κ2) is 6.67. The molecule has 0 unspecified atom stereocenters. The smallest absolute Gasteiger partial charge is 0.317 e. The van der Waals surface area contributed by atoms with Crippen LogP contribution >= 0.6 is 11.6 Å². The van der Waals surface area contributed by atoms with Crippen LogP contribution in [0.15, 0.2) is 59.0 Å². The topological polar surface area (TPSA) is 52.3 Å². The maximum atomic E-state index is 12.0. The van der Waals surface area contributed by atoms with E-state index in [1.54, 1.807) is 31.2 Å². The fourth-order valence-electron chi connectivity index (χ4n) is 2.10. The average molecular weight is 328 g/mol. The number of ether oxygens (including phenoxy) is 1. The summed E-state index contributed by atoms with van der Waals surface area (Å²) in [7, 11) is 0. The van der Waals surface area contributed by atoms with Gasteiger partial charge in [-0.3, -0.25) is 4.79 Å². The number of hydrogen-bond acceptors (Lipinski definition) is 4. The number of carbonyl (C=O) groups is 1. The molecule has 3 rings (SSSR count). The van der Waals surface area contributed by atoms with Crippen molar-refractivity contribution in [3.63, 3.8) is 0 Å². The van der Waals surface area contributed by atoms with E-state index in [1.807, 2.05) is 30.3 Å². The monoisotopic (exact) mass is 327 g/mol. The summed E-state index contributed by atoms with van der Waals surface area (Å²) in [6, 6.07) is 16.2. The van der Waals surface area contributed by atoms with Gasteiger partial charge in [0, 0.05) is 10.6 Å². The molecule has 0 spiro atoms. The predicted octanol–water partition coefficient (Wildman–Crippen LogP) is 4.45. The first-order chi connectivity index (χ1) is 11.1. The van der Waals surface area contributed by atoms with E-state index in [4.69, 9.17) is 20.8 Å². The molecule has 0 aliphatic heterocycles. The summed E-state index contributed by atoms with van der Waals surface area (Å²) in [5.74, 6) is 1.15. The Morgan fingerprint density at radius 2 is 1.83 bits per heavy atom. The molecule has 0 amide bonds. The lowest BCUT2D eigenvalue weighted by Crippen LogP contribution is -2.12. The van der Waals surface area contributed by atoms with E-state index in [0.29, 0.717) is 28.1 Å². The van der Waals surface area contributed by atoms with E-state index in [1.165, 1.54) is 0 Å². The van der Waals surface area contributed by atoms with Crippen molar-refractivity contribution in [3.8, 4) is 17.2 Å². The number of carbonyl (C=O) groups excluding carboxylic acids is 1. The summed E-state index contributed by atoms with van der Waals surface area (Å²) in [6.07, 6.45) is 0.0464. The Bertz CT molecular complexity index is 810. The molecule has 0 aliphatic rings. The second-order valence-electron chi connectivity index (χ2n) is 4.99. The molecular formula is C18H14ClNO3. The fourth-order valence-corrected chi connectivity index (χ4v) is 2.23. The number of halogens is 1. The van der Waals surface area contributed by atoms with Crippen LogP contribution in [0.2, 0.25) is 5.02 Å². The summed E-state index contributed by atoms with van der Waals surface area (Å²) in [6.45, 7) is 1.78. The van der Waals surface area contributed by atoms with Gasteiger partial charge < -0.3 is 9.15 Å². The molecule has 0 atom stereocenters. The zero-order valence-corrected chi connectivity index (χ0v) is 13.2. The summed E-state index contributed by atoms with van der Waals surface area (Å²) < 4.78 is 10.9. The molecule has 3 aromatic rings. The molecule has 1 aromatic heterocycles. The van der Waals surface area contributed by atoms with Gasteiger partial charge in [0.2, 0.25) is 5.89 Å². The number of aromatic nitrogens is 1. The second-order valence-corrected chi connectivity index (χ2v) is 5.43. The first kappa shape index (κ1) is 15.3. The van der Waals surface area contributed by atoms with Gasteiger partial charge in [0.1, 0.15) is 11.5 Å².